The normalized spacial score (nSPS) is 1.50. The largest absolute Gasteiger partial charge is 1.00 e. The molecule has 0 unspecified atom stereocenters. The van der Waals surface area contributed by atoms with Crippen molar-refractivity contribution < 1.29 is 75.4 Å². The van der Waals surface area contributed by atoms with Crippen LogP contribution in [-0.2, 0) is 0 Å². The van der Waals surface area contributed by atoms with Crippen molar-refractivity contribution in [3.05, 3.63) is 0 Å². The van der Waals surface area contributed by atoms with Crippen molar-refractivity contribution in [2.75, 3.05) is 0 Å². The minimum absolute atomic E-state index is 0. The SMILES string of the molecule is NCl.[I-].[K+]. The quantitative estimate of drug-likeness (QED) is 0.244. The summed E-state index contributed by atoms with van der Waals surface area (Å²) in [4.78, 5) is 0. The van der Waals surface area contributed by atoms with Crippen LogP contribution in [-0.4, -0.2) is 0 Å². The molecule has 4 heteroatoms. The predicted molar refractivity (Wildman–Crippen MR) is 10.0 cm³/mol. The molecule has 0 heterocycles. The zero-order valence-corrected chi connectivity index (χ0v) is 8.37. The molecule has 1 nitrogen and oxygen atoms in total. The third-order valence-electron chi connectivity index (χ3n) is 0. The van der Waals surface area contributed by atoms with Gasteiger partial charge in [-0.3, -0.25) is 0 Å². The van der Waals surface area contributed by atoms with Crippen LogP contribution >= 0.6 is 11.8 Å². The first-order valence-electron chi connectivity index (χ1n) is 0.218. The van der Waals surface area contributed by atoms with E-state index in [1.807, 2.05) is 0 Å². The van der Waals surface area contributed by atoms with Crippen molar-refractivity contribution in [1.82, 2.24) is 0 Å². The molecule has 0 aromatic carbocycles. The van der Waals surface area contributed by atoms with Crippen LogP contribution in [0.25, 0.3) is 0 Å². The summed E-state index contributed by atoms with van der Waals surface area (Å²) < 4.78 is 0. The van der Waals surface area contributed by atoms with Gasteiger partial charge in [-0.25, -0.2) is 5.25 Å². The van der Waals surface area contributed by atoms with Gasteiger partial charge in [-0.1, -0.05) is 0 Å². The van der Waals surface area contributed by atoms with Gasteiger partial charge in [0.1, 0.15) is 0 Å². The molecular weight excluding hydrogens is 215 g/mol. The van der Waals surface area contributed by atoms with E-state index < -0.39 is 0 Å². The fraction of sp³-hybridized carbons (Fsp3) is 0. The Morgan fingerprint density at radius 3 is 1.25 bits per heavy atom. The number of halogens is 2. The second kappa shape index (κ2) is 17.5. The van der Waals surface area contributed by atoms with Gasteiger partial charge in [-0.05, 0) is 11.8 Å². The molecule has 0 radical (unpaired) electrons. The van der Waals surface area contributed by atoms with Gasteiger partial charge < -0.3 is 24.0 Å². The van der Waals surface area contributed by atoms with Gasteiger partial charge in [-0.2, -0.15) is 0 Å². The first-order valence-corrected chi connectivity index (χ1v) is 0.655. The summed E-state index contributed by atoms with van der Waals surface area (Å²) in [5, 5.41) is 3.97. The van der Waals surface area contributed by atoms with Gasteiger partial charge >= 0.3 is 51.4 Å². The summed E-state index contributed by atoms with van der Waals surface area (Å²) in [6, 6.07) is 0. The molecule has 0 fully saturated rings. The van der Waals surface area contributed by atoms with Crippen LogP contribution in [0.15, 0.2) is 0 Å². The van der Waals surface area contributed by atoms with Gasteiger partial charge in [-0.15, -0.1) is 0 Å². The molecule has 0 aromatic heterocycles. The number of hydrogen-bond donors (Lipinski definition) is 1. The van der Waals surface area contributed by atoms with Gasteiger partial charge in [0.2, 0.25) is 0 Å². The third-order valence-corrected chi connectivity index (χ3v) is 0. The van der Waals surface area contributed by atoms with Gasteiger partial charge in [0.15, 0.2) is 0 Å². The molecule has 0 saturated carbocycles. The Hall–Kier alpha value is 2.62. The molecule has 4 heavy (non-hydrogen) atoms. The van der Waals surface area contributed by atoms with E-state index >= 15 is 0 Å². The first kappa shape index (κ1) is 16.0. The molecule has 0 amide bonds. The molecule has 0 atom stereocenters. The standard InChI is InChI=1S/ClH2N.HI.K/c1-2;;/h2H2;1H;/q;;+1/p-1. The summed E-state index contributed by atoms with van der Waals surface area (Å²) in [5.74, 6) is 0. The molecule has 0 saturated heterocycles. The fourth-order valence-electron chi connectivity index (χ4n) is 0. The summed E-state index contributed by atoms with van der Waals surface area (Å²) in [6.07, 6.45) is 0. The van der Waals surface area contributed by atoms with Crippen molar-refractivity contribution in [3.8, 4) is 0 Å². The van der Waals surface area contributed by atoms with E-state index in [2.05, 4.69) is 17.0 Å². The molecule has 0 bridgehead atoms. The Morgan fingerprint density at radius 1 is 1.25 bits per heavy atom. The number of rotatable bonds is 0. The van der Waals surface area contributed by atoms with Crippen molar-refractivity contribution >= 4 is 11.8 Å². The molecule has 2 N–H and O–H groups in total. The number of hydrogen-bond acceptors (Lipinski definition) is 1. The smallest absolute Gasteiger partial charge is 1.00 e. The Kier molecular flexibility index (Phi) is 69.8. The van der Waals surface area contributed by atoms with Gasteiger partial charge in [0.25, 0.3) is 0 Å². The van der Waals surface area contributed by atoms with Crippen LogP contribution in [0.1, 0.15) is 0 Å². The zero-order valence-electron chi connectivity index (χ0n) is 2.33. The van der Waals surface area contributed by atoms with Crippen LogP contribution in [0.5, 0.6) is 0 Å². The molecule has 22 valence electrons. The van der Waals surface area contributed by atoms with Crippen molar-refractivity contribution in [2.45, 2.75) is 0 Å². The van der Waals surface area contributed by atoms with Crippen LogP contribution in [0.4, 0.5) is 0 Å². The molecule has 0 aliphatic rings. The summed E-state index contributed by atoms with van der Waals surface area (Å²) in [5.41, 5.74) is 0. The average molecular weight is 217 g/mol. The summed E-state index contributed by atoms with van der Waals surface area (Å²) in [7, 11) is 0. The maximum absolute atomic E-state index is 4.14. The summed E-state index contributed by atoms with van der Waals surface area (Å²) >= 11 is 4.14. The van der Waals surface area contributed by atoms with E-state index in [4.69, 9.17) is 0 Å². The van der Waals surface area contributed by atoms with Crippen LogP contribution in [0, 0.1) is 0 Å². The zero-order chi connectivity index (χ0) is 2.00. The Labute approximate surface area is 90.2 Å². The molecule has 0 spiro atoms. The minimum Gasteiger partial charge on any atom is -1.00 e. The van der Waals surface area contributed by atoms with Gasteiger partial charge in [0.05, 0.1) is 0 Å². The Morgan fingerprint density at radius 2 is 1.25 bits per heavy atom. The summed E-state index contributed by atoms with van der Waals surface area (Å²) in [6.45, 7) is 0. The van der Waals surface area contributed by atoms with Crippen molar-refractivity contribution in [1.29, 1.82) is 0 Å². The van der Waals surface area contributed by atoms with Gasteiger partial charge in [0, 0.05) is 0 Å². The Bertz CT molecular complexity index is 8.00. The van der Waals surface area contributed by atoms with E-state index in [-0.39, 0.29) is 75.4 Å². The third kappa shape index (κ3) is 8.82. The number of nitrogens with two attached hydrogens (primary N) is 1. The van der Waals surface area contributed by atoms with E-state index in [0.29, 0.717) is 0 Å². The Balaban J connectivity index is -0.00000000500. The van der Waals surface area contributed by atoms with Crippen molar-refractivity contribution in [2.24, 2.45) is 5.25 Å². The maximum atomic E-state index is 4.14. The second-order valence-electron chi connectivity index (χ2n) is 0. The minimum atomic E-state index is 0. The first-order chi connectivity index (χ1) is 1.00. The van der Waals surface area contributed by atoms with Crippen LogP contribution < -0.4 is 80.6 Å². The molecular formula is H2ClIKN. The van der Waals surface area contributed by atoms with E-state index in [1.54, 1.807) is 0 Å². The van der Waals surface area contributed by atoms with Crippen LogP contribution in [0.3, 0.4) is 0 Å². The molecule has 0 aromatic rings. The predicted octanol–water partition coefficient (Wildman–Crippen LogP) is -5.89. The van der Waals surface area contributed by atoms with Crippen molar-refractivity contribution in [3.63, 3.8) is 0 Å². The molecule has 0 rings (SSSR count). The van der Waals surface area contributed by atoms with E-state index in [9.17, 15) is 0 Å². The van der Waals surface area contributed by atoms with Crippen LogP contribution in [0.2, 0.25) is 0 Å². The molecule has 0 aliphatic carbocycles. The average Bonchev–Trinajstić information content (AvgIpc) is 1.00. The topological polar surface area (TPSA) is 26.0 Å². The second-order valence-corrected chi connectivity index (χ2v) is 0. The van der Waals surface area contributed by atoms with E-state index in [0.717, 1.165) is 0 Å². The molecule has 0 aliphatic heterocycles. The maximum Gasteiger partial charge on any atom is 1.00 e. The van der Waals surface area contributed by atoms with E-state index in [1.165, 1.54) is 0 Å². The fourth-order valence-corrected chi connectivity index (χ4v) is 0. The monoisotopic (exact) mass is 217 g/mol.